The SMILES string of the molecule is CC(=O)O[C@H]1C[C@@]2(C)[C@@H](C[C@@H](O)[C@H]3[C@@]4(C)CC[C@@H](O)[C@@H](N)[C@@H]4CC[C@@]32CN)/C1=C(/C(=O)O)C1CC(=C2CCCC2)CC(NCC2=NNCC3(C)[C@H](O)CC[C@]4(C)[C@@H]5[C@H](O)C[C@H]6/C(=C(/C(=O)O)C7CCCC(=C(C)C)C7)[C@@H](OC(C)=O)C[C@]6(C)[C@@]5(N)CC[C@@]34N=C2)C1. The molecule has 1 aliphatic heterocycles. The van der Waals surface area contributed by atoms with Gasteiger partial charge in [0.2, 0.25) is 0 Å². The Hall–Kier alpha value is -4.34. The lowest BCUT2D eigenvalue weighted by atomic mass is 9.34. The summed E-state index contributed by atoms with van der Waals surface area (Å²) < 4.78 is 12.5. The van der Waals surface area contributed by atoms with Crippen molar-refractivity contribution >= 4 is 35.8 Å². The van der Waals surface area contributed by atoms with Crippen LogP contribution < -0.4 is 27.9 Å². The van der Waals surface area contributed by atoms with Crippen molar-refractivity contribution in [2.75, 3.05) is 19.6 Å². The van der Waals surface area contributed by atoms with Crippen LogP contribution in [0.1, 0.15) is 210 Å². The number of nitrogens with zero attached hydrogens (tertiary/aromatic N) is 2. The van der Waals surface area contributed by atoms with Crippen molar-refractivity contribution in [2.24, 2.45) is 101 Å². The van der Waals surface area contributed by atoms with Crippen LogP contribution in [0.2, 0.25) is 0 Å². The standard InChI is InChI=1S/C72H109N7O12/c1-37(2)41-15-12-16-42(25-41)56(63(86)87)59-49-30-52(84)62-66(6)21-19-55(85)69(9)36-78-79-46(34-77-72(66,69)24-23-71(62,75)68(49,8)32-54(59)91-39(4)81)33-76-45-27-43(40-13-10-11-14-40)26-44(28-45)57(64(88)89)58-48-29-51(83)61-65(5)20-18-50(82)60(74)47(65)17-22-70(61,35-73)67(48,7)31-53(58)90-38(3)80/h34,42,44-45,47-55,60-62,76,78,82-85H,10-33,35-36,73-75H2,1-9H3,(H,86,87)(H,88,89)/b58-57-,59-56-,77-34?,79-46?/t42?,44?,45?,47-,48-,49-,50+,51+,52+,53-,54-,55+,60-,61-,62-,65-,66+,67-,68-,69?,70+,71+,72-/m0/s1. The topological polar surface area (TPSA) is 335 Å². The minimum atomic E-state index is -1.07. The van der Waals surface area contributed by atoms with Gasteiger partial charge in [0, 0.05) is 78.7 Å². The fraction of sp³-hybridized carbons (Fsp3) is 0.806. The number of hydrogen-bond donors (Lipinski definition) is 11. The fourth-order valence-electron chi connectivity index (χ4n) is 24.6. The lowest BCUT2D eigenvalue weighted by Gasteiger charge is -2.73. The lowest BCUT2D eigenvalue weighted by Crippen LogP contribution is -2.80. The number of aliphatic carboxylic acids is 2. The van der Waals surface area contributed by atoms with Crippen molar-refractivity contribution < 1.29 is 59.3 Å². The molecular weight excluding hydrogens is 1150 g/mol. The molecule has 0 radical (unpaired) electrons. The molecule has 504 valence electrons. The Labute approximate surface area is 538 Å². The summed E-state index contributed by atoms with van der Waals surface area (Å²) in [6.45, 7) is 18.6. The van der Waals surface area contributed by atoms with Gasteiger partial charge >= 0.3 is 23.9 Å². The summed E-state index contributed by atoms with van der Waals surface area (Å²) >= 11 is 0. The van der Waals surface area contributed by atoms with Gasteiger partial charge < -0.3 is 68.1 Å². The number of aliphatic hydroxyl groups excluding tert-OH is 4. The van der Waals surface area contributed by atoms with E-state index in [9.17, 15) is 49.8 Å². The third-order valence-electron chi connectivity index (χ3n) is 28.8. The van der Waals surface area contributed by atoms with Gasteiger partial charge in [-0.2, -0.15) is 5.10 Å². The number of carboxylic acid groups (broad SMARTS) is 2. The first-order valence-corrected chi connectivity index (χ1v) is 35.1. The molecular formula is C72H109N7O12. The second kappa shape index (κ2) is 23.8. The average molecular weight is 1260 g/mol. The predicted octanol–water partition coefficient (Wildman–Crippen LogP) is 7.85. The molecule has 91 heavy (non-hydrogen) atoms. The van der Waals surface area contributed by atoms with Crippen molar-refractivity contribution in [1.82, 2.24) is 10.7 Å². The summed E-state index contributed by atoms with van der Waals surface area (Å²) in [7, 11) is 0. The molecule has 12 aliphatic rings. The molecule has 12 rings (SSSR count). The lowest BCUT2D eigenvalue weighted by molar-refractivity contribution is -0.232. The number of hydrazone groups is 1. The number of carbonyl (C=O) groups excluding carboxylic acids is 2. The van der Waals surface area contributed by atoms with Crippen molar-refractivity contribution in [1.29, 1.82) is 0 Å². The van der Waals surface area contributed by atoms with Gasteiger partial charge in [0.05, 0.1) is 35.7 Å². The second-order valence-corrected chi connectivity index (χ2v) is 32.9. The van der Waals surface area contributed by atoms with Gasteiger partial charge in [-0.25, -0.2) is 9.59 Å². The van der Waals surface area contributed by atoms with Gasteiger partial charge in [0.1, 0.15) is 12.2 Å². The van der Waals surface area contributed by atoms with E-state index in [0.717, 1.165) is 44.9 Å². The molecule has 0 aromatic rings. The Kier molecular flexibility index (Phi) is 17.4. The maximum atomic E-state index is 14.4. The molecule has 11 fully saturated rings. The number of nitrogens with two attached hydrogens (primary N) is 3. The number of carboxylic acids is 2. The molecule has 0 bridgehead atoms. The highest BCUT2D eigenvalue weighted by Gasteiger charge is 2.78. The highest BCUT2D eigenvalue weighted by Crippen LogP contribution is 2.76. The van der Waals surface area contributed by atoms with Crippen LogP contribution >= 0.6 is 0 Å². The number of fused-ring (bicyclic) bond motifs is 9. The zero-order chi connectivity index (χ0) is 65.5. The van der Waals surface area contributed by atoms with E-state index in [1.54, 1.807) is 0 Å². The van der Waals surface area contributed by atoms with Crippen LogP contribution in [0.3, 0.4) is 0 Å². The van der Waals surface area contributed by atoms with Crippen LogP contribution in [-0.2, 0) is 28.7 Å². The Morgan fingerprint density at radius 1 is 0.670 bits per heavy atom. The van der Waals surface area contributed by atoms with Crippen molar-refractivity contribution in [3.63, 3.8) is 0 Å². The van der Waals surface area contributed by atoms with Gasteiger partial charge in [-0.15, -0.1) is 0 Å². The van der Waals surface area contributed by atoms with Gasteiger partial charge in [-0.1, -0.05) is 56.9 Å². The van der Waals surface area contributed by atoms with Gasteiger partial charge in [-0.3, -0.25) is 14.6 Å². The van der Waals surface area contributed by atoms with Crippen LogP contribution in [0.4, 0.5) is 0 Å². The molecule has 1 spiro atoms. The molecule has 23 atom stereocenters. The summed E-state index contributed by atoms with van der Waals surface area (Å²) in [4.78, 5) is 60.3. The number of carbonyl (C=O) groups is 4. The highest BCUT2D eigenvalue weighted by atomic mass is 16.5. The molecule has 0 saturated heterocycles. The first kappa shape index (κ1) is 66.7. The summed E-state index contributed by atoms with van der Waals surface area (Å²) in [5.74, 6) is -5.51. The zero-order valence-corrected chi connectivity index (χ0v) is 55.9. The van der Waals surface area contributed by atoms with Crippen molar-refractivity contribution in [3.05, 3.63) is 44.6 Å². The van der Waals surface area contributed by atoms with E-state index in [0.29, 0.717) is 119 Å². The van der Waals surface area contributed by atoms with E-state index in [1.165, 1.54) is 36.1 Å². The normalized spacial score (nSPS) is 47.9. The van der Waals surface area contributed by atoms with E-state index in [4.69, 9.17) is 36.8 Å². The number of esters is 2. The van der Waals surface area contributed by atoms with Gasteiger partial charge in [-0.05, 0) is 236 Å². The summed E-state index contributed by atoms with van der Waals surface area (Å²) in [5, 5.41) is 81.1. The van der Waals surface area contributed by atoms with E-state index in [-0.39, 0.29) is 55.4 Å². The van der Waals surface area contributed by atoms with E-state index >= 15 is 0 Å². The Bertz CT molecular complexity index is 3150. The molecule has 4 unspecified atom stereocenters. The van der Waals surface area contributed by atoms with E-state index in [2.05, 4.69) is 59.2 Å². The molecule has 11 saturated carbocycles. The number of aliphatic hydroxyl groups is 4. The number of ether oxygens (including phenoxy) is 2. The third kappa shape index (κ3) is 10.0. The van der Waals surface area contributed by atoms with Crippen LogP contribution in [0.25, 0.3) is 0 Å². The minimum absolute atomic E-state index is 0.0213. The van der Waals surface area contributed by atoms with Gasteiger partial charge in [0.25, 0.3) is 0 Å². The van der Waals surface area contributed by atoms with Crippen LogP contribution in [0.15, 0.2) is 54.7 Å². The fourth-order valence-corrected chi connectivity index (χ4v) is 24.6. The maximum Gasteiger partial charge on any atom is 0.331 e. The molecule has 0 aromatic heterocycles. The largest absolute Gasteiger partial charge is 0.478 e. The van der Waals surface area contributed by atoms with Crippen molar-refractivity contribution in [2.45, 2.75) is 270 Å². The minimum Gasteiger partial charge on any atom is -0.478 e. The number of hydrogen-bond acceptors (Lipinski definition) is 17. The Morgan fingerprint density at radius 2 is 1.30 bits per heavy atom. The highest BCUT2D eigenvalue weighted by molar-refractivity contribution is 6.31. The predicted molar refractivity (Wildman–Crippen MR) is 346 cm³/mol. The van der Waals surface area contributed by atoms with Crippen LogP contribution in [0, 0.1) is 73.9 Å². The molecule has 11 aliphatic carbocycles. The number of rotatable bonds is 10. The molecule has 14 N–H and O–H groups in total. The molecule has 19 heteroatoms. The van der Waals surface area contributed by atoms with Crippen LogP contribution in [-0.4, -0.2) is 146 Å². The Balaban J connectivity index is 0.861. The first-order valence-electron chi connectivity index (χ1n) is 35.1. The molecule has 1 heterocycles. The maximum absolute atomic E-state index is 14.4. The zero-order valence-electron chi connectivity index (χ0n) is 55.9. The third-order valence-corrected chi connectivity index (χ3v) is 28.8. The molecule has 19 nitrogen and oxygen atoms in total. The quantitative estimate of drug-likeness (QED) is 0.0563. The average Bonchev–Trinajstić information content (AvgIpc) is 1.65. The van der Waals surface area contributed by atoms with Gasteiger partial charge in [0.15, 0.2) is 0 Å². The number of allylic oxidation sites excluding steroid dienone is 3. The number of nitrogens with one attached hydrogen (secondary N) is 2. The smallest absolute Gasteiger partial charge is 0.331 e. The first-order chi connectivity index (χ1) is 42.9. The second-order valence-electron chi connectivity index (χ2n) is 32.9. The summed E-state index contributed by atoms with van der Waals surface area (Å²) in [5.41, 5.74) is 26.7. The van der Waals surface area contributed by atoms with E-state index < -0.39 is 134 Å². The van der Waals surface area contributed by atoms with Crippen LogP contribution in [0.5, 0.6) is 0 Å². The Morgan fingerprint density at radius 3 is 1.92 bits per heavy atom. The summed E-state index contributed by atoms with van der Waals surface area (Å²) in [6, 6.07) is -0.615. The van der Waals surface area contributed by atoms with E-state index in [1.807, 2.05) is 6.21 Å². The monoisotopic (exact) mass is 1260 g/mol. The van der Waals surface area contributed by atoms with Crippen molar-refractivity contribution in [3.8, 4) is 0 Å². The number of aliphatic imine (C=N–C) groups is 1. The molecule has 0 aromatic carbocycles. The summed E-state index contributed by atoms with van der Waals surface area (Å²) in [6.07, 6.45) is 11.5. The molecule has 0 amide bonds.